The third-order valence-electron chi connectivity index (χ3n) is 4.88. The van der Waals surface area contributed by atoms with Crippen molar-refractivity contribution >= 4 is 41.3 Å². The number of carbonyl (C=O) groups is 3. The number of nitrogens with zero attached hydrogens (tertiary/aromatic N) is 5. The van der Waals surface area contributed by atoms with E-state index in [0.29, 0.717) is 27.3 Å². The number of aromatic nitrogens is 2. The molecule has 1 aromatic carbocycles. The van der Waals surface area contributed by atoms with Gasteiger partial charge in [-0.3, -0.25) is 14.5 Å². The van der Waals surface area contributed by atoms with Gasteiger partial charge in [0.1, 0.15) is 18.4 Å². The first-order chi connectivity index (χ1) is 13.7. The number of aliphatic imine (C=N–C) groups is 1. The number of imide groups is 1. The second-order valence-electron chi connectivity index (χ2n) is 6.66. The largest absolute Gasteiger partial charge is 0.493 e. The summed E-state index contributed by atoms with van der Waals surface area (Å²) in [7, 11) is 2.99. The number of aryl methyl sites for hydroxylation is 1. The lowest BCUT2D eigenvalue weighted by Crippen LogP contribution is -2.63. The van der Waals surface area contributed by atoms with Crippen LogP contribution in [0.1, 0.15) is 11.7 Å². The van der Waals surface area contributed by atoms with Crippen molar-refractivity contribution in [3.05, 3.63) is 35.1 Å². The van der Waals surface area contributed by atoms with Gasteiger partial charge in [0.25, 0.3) is 5.91 Å². The van der Waals surface area contributed by atoms with Crippen LogP contribution in [0.4, 0.5) is 10.7 Å². The van der Waals surface area contributed by atoms with E-state index in [-0.39, 0.29) is 5.84 Å². The molecule has 0 aliphatic carbocycles. The molecule has 3 heterocycles. The molecule has 1 atom stereocenters. The van der Waals surface area contributed by atoms with Crippen LogP contribution in [0, 0.1) is 6.92 Å². The molecule has 4 rings (SSSR count). The summed E-state index contributed by atoms with van der Waals surface area (Å²) in [6.45, 7) is 1.11. The van der Waals surface area contributed by atoms with Crippen molar-refractivity contribution in [2.24, 2.45) is 4.99 Å². The molecule has 1 saturated heterocycles. The van der Waals surface area contributed by atoms with Gasteiger partial charge in [-0.2, -0.15) is 4.57 Å². The molecule has 0 spiro atoms. The van der Waals surface area contributed by atoms with Crippen molar-refractivity contribution in [1.29, 1.82) is 0 Å². The summed E-state index contributed by atoms with van der Waals surface area (Å²) in [5.41, 5.74) is 1.37. The maximum atomic E-state index is 13.0. The molecular formula is C18H17ClN5O5+. The third kappa shape index (κ3) is 2.75. The van der Waals surface area contributed by atoms with Gasteiger partial charge in [0.15, 0.2) is 11.4 Å². The number of carboxylic acid groups (broad SMARTS) is 1. The van der Waals surface area contributed by atoms with Gasteiger partial charge < -0.3 is 9.84 Å². The summed E-state index contributed by atoms with van der Waals surface area (Å²) in [6, 6.07) is 3.46. The smallest absolute Gasteiger partial charge is 0.407 e. The van der Waals surface area contributed by atoms with E-state index in [2.05, 4.69) is 4.99 Å². The zero-order chi connectivity index (χ0) is 21.0. The lowest BCUT2D eigenvalue weighted by Gasteiger charge is -2.32. The number of imidazole rings is 1. The molecule has 0 bridgehead atoms. The molecular weight excluding hydrogens is 402 g/mol. The third-order valence-corrected chi connectivity index (χ3v) is 5.12. The molecule has 150 valence electrons. The normalized spacial score (nSPS) is 17.9. The number of hydrogen-bond donors (Lipinski definition) is 1. The molecule has 0 radical (unpaired) electrons. The summed E-state index contributed by atoms with van der Waals surface area (Å²) in [5.74, 6) is -0.746. The monoisotopic (exact) mass is 418 g/mol. The fourth-order valence-electron chi connectivity index (χ4n) is 3.60. The Morgan fingerprint density at radius 3 is 2.76 bits per heavy atom. The van der Waals surface area contributed by atoms with Gasteiger partial charge >= 0.3 is 17.9 Å². The number of ether oxygens (including phenoxy) is 1. The zero-order valence-corrected chi connectivity index (χ0v) is 16.5. The Labute approximate surface area is 170 Å². The fourth-order valence-corrected chi connectivity index (χ4v) is 3.77. The number of rotatable bonds is 4. The van der Waals surface area contributed by atoms with Crippen LogP contribution >= 0.6 is 11.6 Å². The minimum Gasteiger partial charge on any atom is -0.493 e. The van der Waals surface area contributed by atoms with Gasteiger partial charge in [-0.15, -0.1) is 0 Å². The highest BCUT2D eigenvalue weighted by Gasteiger charge is 2.53. The van der Waals surface area contributed by atoms with Crippen LogP contribution in [0.25, 0.3) is 5.69 Å². The minimum absolute atomic E-state index is 0.228. The molecule has 2 aromatic rings. The van der Waals surface area contributed by atoms with Gasteiger partial charge in [0.05, 0.1) is 7.11 Å². The quantitative estimate of drug-likeness (QED) is 0.753. The van der Waals surface area contributed by atoms with Gasteiger partial charge in [-0.25, -0.2) is 14.3 Å². The summed E-state index contributed by atoms with van der Waals surface area (Å²) in [6.07, 6.45) is 1.72. The van der Waals surface area contributed by atoms with Crippen molar-refractivity contribution in [3.8, 4) is 11.4 Å². The lowest BCUT2D eigenvalue weighted by molar-refractivity contribution is -0.676. The van der Waals surface area contributed by atoms with E-state index in [1.807, 2.05) is 6.92 Å². The van der Waals surface area contributed by atoms with E-state index in [1.165, 1.54) is 19.1 Å². The van der Waals surface area contributed by atoms with Gasteiger partial charge in [0, 0.05) is 18.1 Å². The molecule has 1 aromatic heterocycles. The second kappa shape index (κ2) is 6.59. The molecule has 29 heavy (non-hydrogen) atoms. The number of benzene rings is 1. The van der Waals surface area contributed by atoms with Crippen LogP contribution in [-0.2, 0) is 9.59 Å². The fraction of sp³-hybridized carbons (Fsp3) is 0.278. The molecule has 3 amide bonds. The first-order valence-corrected chi connectivity index (χ1v) is 8.99. The van der Waals surface area contributed by atoms with E-state index in [4.69, 9.17) is 21.4 Å². The summed E-state index contributed by atoms with van der Waals surface area (Å²) in [5, 5.41) is 9.56. The predicted octanol–water partition coefficient (Wildman–Crippen LogP) is 1.30. The van der Waals surface area contributed by atoms with Crippen LogP contribution in [0.3, 0.4) is 0 Å². The molecule has 1 fully saturated rings. The second-order valence-corrected chi connectivity index (χ2v) is 7.10. The molecule has 2 aliphatic heterocycles. The first kappa shape index (κ1) is 18.9. The Morgan fingerprint density at radius 2 is 2.10 bits per heavy atom. The van der Waals surface area contributed by atoms with E-state index in [9.17, 15) is 14.4 Å². The topological polar surface area (TPSA) is 108 Å². The summed E-state index contributed by atoms with van der Waals surface area (Å²) >= 11 is 6.17. The molecule has 2 aliphatic rings. The van der Waals surface area contributed by atoms with E-state index in [1.54, 1.807) is 33.5 Å². The molecule has 1 N–H and O–H groups in total. The van der Waals surface area contributed by atoms with Crippen molar-refractivity contribution in [2.45, 2.75) is 13.0 Å². The number of carboxylic acids is 1. The zero-order valence-electron chi connectivity index (χ0n) is 15.8. The number of amidine groups is 1. The number of fused-ring (bicyclic) bond motifs is 3. The number of amides is 3. The molecule has 0 saturated carbocycles. The number of urea groups is 1. The highest BCUT2D eigenvalue weighted by atomic mass is 35.5. The summed E-state index contributed by atoms with van der Waals surface area (Å²) < 4.78 is 8.82. The SMILES string of the molecule is COc1ccc(Cl)cc1-n1c(C)c[n+]2c1N=C1C2C(=O)N(CC(=O)O)C(=O)N1C. The maximum absolute atomic E-state index is 13.0. The van der Waals surface area contributed by atoms with Crippen LogP contribution in [0.2, 0.25) is 5.02 Å². The van der Waals surface area contributed by atoms with Crippen molar-refractivity contribution in [3.63, 3.8) is 0 Å². The van der Waals surface area contributed by atoms with Crippen LogP contribution in [0.15, 0.2) is 29.4 Å². The van der Waals surface area contributed by atoms with Crippen molar-refractivity contribution < 1.29 is 28.8 Å². The average Bonchev–Trinajstić information content (AvgIpc) is 3.17. The number of aliphatic carboxylic acids is 1. The molecule has 10 nitrogen and oxygen atoms in total. The number of carbonyl (C=O) groups excluding carboxylic acids is 2. The van der Waals surface area contributed by atoms with Crippen LogP contribution in [0.5, 0.6) is 5.75 Å². The highest BCUT2D eigenvalue weighted by molar-refractivity contribution is 6.30. The van der Waals surface area contributed by atoms with E-state index < -0.39 is 30.5 Å². The Bertz CT molecular complexity index is 1110. The predicted molar refractivity (Wildman–Crippen MR) is 101 cm³/mol. The molecule has 1 unspecified atom stereocenters. The summed E-state index contributed by atoms with van der Waals surface area (Å²) in [4.78, 5) is 43.0. The maximum Gasteiger partial charge on any atom is 0.407 e. The minimum atomic E-state index is -1.28. The van der Waals surface area contributed by atoms with Crippen LogP contribution < -0.4 is 9.30 Å². The number of hydrogen-bond acceptors (Lipinski definition) is 5. The van der Waals surface area contributed by atoms with Crippen molar-refractivity contribution in [1.82, 2.24) is 14.4 Å². The van der Waals surface area contributed by atoms with E-state index in [0.717, 1.165) is 5.69 Å². The van der Waals surface area contributed by atoms with Gasteiger partial charge in [-0.1, -0.05) is 16.6 Å². The van der Waals surface area contributed by atoms with Crippen LogP contribution in [-0.4, -0.2) is 63.9 Å². The number of methoxy groups -OCH3 is 1. The lowest BCUT2D eigenvalue weighted by atomic mass is 10.1. The Hall–Kier alpha value is -3.40. The van der Waals surface area contributed by atoms with Gasteiger partial charge in [-0.05, 0) is 19.1 Å². The first-order valence-electron chi connectivity index (χ1n) is 8.61. The highest BCUT2D eigenvalue weighted by Crippen LogP contribution is 2.35. The average molecular weight is 419 g/mol. The Kier molecular flexibility index (Phi) is 4.30. The number of halogens is 1. The Balaban J connectivity index is 1.88. The Morgan fingerprint density at radius 1 is 1.38 bits per heavy atom. The van der Waals surface area contributed by atoms with Gasteiger partial charge in [0.2, 0.25) is 11.9 Å². The van der Waals surface area contributed by atoms with E-state index >= 15 is 0 Å². The number of likely N-dealkylation sites (N-methyl/N-ethyl adjacent to an activating group) is 1. The van der Waals surface area contributed by atoms with Crippen molar-refractivity contribution in [2.75, 3.05) is 20.7 Å². The standard InChI is InChI=1S/C18H16ClN5O5/c1-9-7-22-14-15(21(2)18(28)23(16(14)27)8-13(25)26)20-17(22)24(9)11-6-10(19)4-5-12(11)29-3/h4-7,14H,8H2,1-3H3/p+1. The molecule has 11 heteroatoms.